The van der Waals surface area contributed by atoms with E-state index in [0.717, 1.165) is 227 Å². The Morgan fingerprint density at radius 3 is 1.18 bits per heavy atom. The third-order valence-electron chi connectivity index (χ3n) is 28.4. The fourth-order valence-electron chi connectivity index (χ4n) is 21.0. The lowest BCUT2D eigenvalue weighted by Crippen LogP contribution is -2.10. The molecule has 4 saturated carbocycles. The van der Waals surface area contributed by atoms with Crippen molar-refractivity contribution in [3.05, 3.63) is 252 Å². The van der Waals surface area contributed by atoms with Gasteiger partial charge in [0.05, 0.1) is 110 Å². The minimum absolute atomic E-state index is 0.431. The molecule has 4 fully saturated rings. The molecule has 0 spiro atoms. The molecule has 682 valence electrons. The number of alkyl halides is 1. The van der Waals surface area contributed by atoms with Gasteiger partial charge in [-0.2, -0.15) is 0 Å². The lowest BCUT2D eigenvalue weighted by atomic mass is 9.85. The van der Waals surface area contributed by atoms with Crippen LogP contribution in [0.15, 0.2) is 176 Å². The molecule has 10 aromatic heterocycles. The molecule has 13 heterocycles. The number of aromatic amines is 4. The minimum Gasteiger partial charge on any atom is -0.361 e. The van der Waals surface area contributed by atoms with E-state index in [0.29, 0.717) is 43.0 Å². The number of imidazole rings is 5. The van der Waals surface area contributed by atoms with Crippen molar-refractivity contribution in [3.63, 3.8) is 0 Å². The van der Waals surface area contributed by atoms with Crippen molar-refractivity contribution in [2.75, 3.05) is 19.6 Å². The first kappa shape index (κ1) is 87.2. The molecule has 0 amide bonds. The van der Waals surface area contributed by atoms with E-state index in [-0.39, 0.29) is 0 Å². The Bertz CT molecular complexity index is 8000. The van der Waals surface area contributed by atoms with Gasteiger partial charge in [-0.15, -0.1) is 0 Å². The summed E-state index contributed by atoms with van der Waals surface area (Å²) in [5, 5.41) is 23.2. The van der Waals surface area contributed by atoms with Crippen LogP contribution < -0.4 is 0 Å². The highest BCUT2D eigenvalue weighted by Gasteiger charge is 2.48. The maximum Gasteiger partial charge on any atom is 0.168 e. The van der Waals surface area contributed by atoms with Gasteiger partial charge in [0, 0.05) is 114 Å². The molecule has 18 aromatic rings. The summed E-state index contributed by atoms with van der Waals surface area (Å²) in [6.45, 7) is 41.0. The van der Waals surface area contributed by atoms with Crippen molar-refractivity contribution < 1.29 is 27.0 Å². The van der Waals surface area contributed by atoms with Crippen LogP contribution in [-0.2, 0) is 12.7 Å². The van der Waals surface area contributed by atoms with E-state index in [4.69, 9.17) is 37.6 Å². The van der Waals surface area contributed by atoms with Crippen LogP contribution in [0.1, 0.15) is 231 Å². The number of nitrogens with zero attached hydrogens (tertiary/aromatic N) is 14. The van der Waals surface area contributed by atoms with Crippen molar-refractivity contribution in [3.8, 4) is 77.9 Å². The van der Waals surface area contributed by atoms with Crippen LogP contribution in [0.5, 0.6) is 0 Å². The zero-order valence-electron chi connectivity index (χ0n) is 80.4. The first-order chi connectivity index (χ1) is 65.0. The Labute approximate surface area is 782 Å². The van der Waals surface area contributed by atoms with Gasteiger partial charge in [-0.1, -0.05) is 86.8 Å². The predicted octanol–water partition coefficient (Wildman–Crippen LogP) is 27.3. The van der Waals surface area contributed by atoms with Crippen molar-refractivity contribution in [1.82, 2.24) is 75.2 Å². The number of hydrogen-bond acceptors (Lipinski definition) is 18. The quantitative estimate of drug-likeness (QED) is 0.0787. The van der Waals surface area contributed by atoms with Crippen LogP contribution in [0.4, 0.5) is 4.39 Å². The van der Waals surface area contributed by atoms with Gasteiger partial charge in [0.2, 0.25) is 0 Å². The van der Waals surface area contributed by atoms with Gasteiger partial charge >= 0.3 is 0 Å². The standard InChI is InChI=1S/C27H25N3O.C22H24N4O.C21H21FN4O.C21H22N4O.C20H19N3O/c1-15-9-10-18-7-5-6-8-21(18)24(15)22-13-20(25-16(2)29-31-17(25)3)14-23-26(22)30(4)27(28-23)19-11-12-19;1-11-10-23-12(2)19(11)17-8-16(20-13(3)26-27-14(20)4)9-18-21(17)25-22(24-18)15-6-5-7-15;1-10-9-23-11(2)17(10)15-7-14(18-12(3)26-27-13(18)4)8-16-19(15)25-20(24-16)21(22)5-6-21;1-10-9-22-11(2)18(10)16-7-15(19-12(3)25-26-13(19)4)8-17-20(16)24-21(23-17)14-5-6-14;1-11-6-5-7-12(2)18(11)16-8-15(9-17-20(16)22-10-21-17)19-13(3)23-24-14(19)4/h5-10,13-14,19H,11-12H2,1-4H3;8-9,15H,5-7,10H2,1-4H3,(H,24,25);7-8H,5-6,9H2,1-4H3,(H,24,25);7-8,14H,5-6,9H2,1-4H3,(H,23,24);5-10H,1-4H3,(H,21,22). The molecule has 4 aliphatic carbocycles. The summed E-state index contributed by atoms with van der Waals surface area (Å²) in [6, 6.07) is 41.3. The van der Waals surface area contributed by atoms with Crippen molar-refractivity contribution in [1.29, 1.82) is 0 Å². The number of aryl methyl sites for hydroxylation is 14. The molecule has 25 rings (SSSR count). The van der Waals surface area contributed by atoms with E-state index in [1.807, 2.05) is 82.2 Å². The van der Waals surface area contributed by atoms with Gasteiger partial charge in [0.15, 0.2) is 5.67 Å². The lowest BCUT2D eigenvalue weighted by Gasteiger charge is -2.22. The molecular formula is C111H111FN18O5. The van der Waals surface area contributed by atoms with Crippen LogP contribution in [-0.4, -0.2) is 112 Å². The SMILES string of the molecule is CC1=NCC(C)=C1c1cc(-c2c(C)noc2C)cc2[nH]c(C3(F)CC3)nc12.CC1=NCC(C)=C1c1cc(-c2c(C)noc2C)cc2[nH]c(C3CC3)nc12.CC1=NCC(C)=C1c1cc(-c2c(C)noc2C)cc2[nH]c(C3CCC3)nc12.Cc1ccc2ccccc2c1-c1cc(-c2c(C)noc2C)cc2nc(C3CC3)n(C)c12.Cc1cccc(C)c1-c1cc(-c2c(C)noc2C)cc2[nH]cnc12. The molecule has 135 heavy (non-hydrogen) atoms. The number of aromatic nitrogens is 15. The second-order valence-corrected chi connectivity index (χ2v) is 38.4. The zero-order chi connectivity index (χ0) is 93.7. The van der Waals surface area contributed by atoms with Crippen LogP contribution in [0, 0.1) is 90.0 Å². The summed E-state index contributed by atoms with van der Waals surface area (Å²) in [5.41, 5.74) is 46.6. The number of aliphatic imine (C=N–C) groups is 3. The lowest BCUT2D eigenvalue weighted by molar-refractivity contribution is 0.303. The molecule has 8 aromatic carbocycles. The molecule has 0 atom stereocenters. The number of hydrogen-bond donors (Lipinski definition) is 4. The van der Waals surface area contributed by atoms with E-state index >= 15 is 0 Å². The van der Waals surface area contributed by atoms with Gasteiger partial charge in [-0.05, 0) is 327 Å². The number of allylic oxidation sites excluding steroid dienone is 3. The highest BCUT2D eigenvalue weighted by Crippen LogP contribution is 2.52. The molecule has 7 aliphatic rings. The van der Waals surface area contributed by atoms with Gasteiger partial charge in [-0.3, -0.25) is 15.0 Å². The van der Waals surface area contributed by atoms with Crippen LogP contribution in [0.3, 0.4) is 0 Å². The van der Waals surface area contributed by atoms with Crippen LogP contribution in [0.25, 0.3) is 161 Å². The molecule has 4 N–H and O–H groups in total. The molecule has 0 saturated heterocycles. The fraction of sp³-hybridized carbons (Fsp3) is 0.324. The van der Waals surface area contributed by atoms with Gasteiger partial charge in [-0.25, -0.2) is 29.3 Å². The Kier molecular flexibility index (Phi) is 21.9. The normalized spacial score (nSPS) is 15.8. The topological polar surface area (TPSA) is 300 Å². The first-order valence-electron chi connectivity index (χ1n) is 47.2. The number of fused-ring (bicyclic) bond motifs is 6. The average molecular weight is 1800 g/mol. The van der Waals surface area contributed by atoms with E-state index in [9.17, 15) is 4.39 Å². The molecule has 24 heteroatoms. The molecule has 0 unspecified atom stereocenters. The molecule has 23 nitrogen and oxygen atoms in total. The summed E-state index contributed by atoms with van der Waals surface area (Å²) in [7, 11) is 2.17. The van der Waals surface area contributed by atoms with Crippen molar-refractivity contribution >= 4 is 99.8 Å². The second-order valence-electron chi connectivity index (χ2n) is 38.4. The van der Waals surface area contributed by atoms with Gasteiger partial charge < -0.3 is 47.1 Å². The number of halogens is 1. The number of benzene rings is 8. The van der Waals surface area contributed by atoms with Crippen LogP contribution >= 0.6 is 0 Å². The Morgan fingerprint density at radius 2 is 0.770 bits per heavy atom. The summed E-state index contributed by atoms with van der Waals surface area (Å²) in [6.07, 6.45) is 11.5. The molecule has 3 aliphatic heterocycles. The summed E-state index contributed by atoms with van der Waals surface area (Å²) >= 11 is 0. The third-order valence-corrected chi connectivity index (χ3v) is 28.4. The second kappa shape index (κ2) is 33.9. The fourth-order valence-corrected chi connectivity index (χ4v) is 21.0. The Morgan fingerprint density at radius 1 is 0.370 bits per heavy atom. The Hall–Kier alpha value is -14.4. The summed E-state index contributed by atoms with van der Waals surface area (Å²) < 4.78 is 44.1. The predicted molar refractivity (Wildman–Crippen MR) is 537 cm³/mol. The molecule has 0 bridgehead atoms. The summed E-state index contributed by atoms with van der Waals surface area (Å²) in [5.74, 6) is 9.75. The number of H-pyrrole nitrogens is 4. The largest absolute Gasteiger partial charge is 0.361 e. The molecular weight excluding hydrogens is 1680 g/mol. The van der Waals surface area contributed by atoms with Crippen LogP contribution in [0.2, 0.25) is 0 Å². The highest BCUT2D eigenvalue weighted by molar-refractivity contribution is 6.29. The number of rotatable bonds is 14. The van der Waals surface area contributed by atoms with Crippen molar-refractivity contribution in [2.45, 2.75) is 213 Å². The average Bonchev–Trinajstić information content (AvgIpc) is 1.66. The molecule has 0 radical (unpaired) electrons. The van der Waals surface area contributed by atoms with E-state index in [2.05, 4.69) is 247 Å². The van der Waals surface area contributed by atoms with E-state index in [1.165, 1.54) is 134 Å². The van der Waals surface area contributed by atoms with E-state index < -0.39 is 5.67 Å². The third kappa shape index (κ3) is 15.7. The maximum absolute atomic E-state index is 14.7. The zero-order valence-corrected chi connectivity index (χ0v) is 80.4. The smallest absolute Gasteiger partial charge is 0.168 e. The first-order valence-corrected chi connectivity index (χ1v) is 47.2. The highest BCUT2D eigenvalue weighted by atomic mass is 19.1. The van der Waals surface area contributed by atoms with Gasteiger partial charge in [0.1, 0.15) is 52.1 Å². The number of nitrogens with one attached hydrogen (secondary N) is 4. The van der Waals surface area contributed by atoms with Crippen molar-refractivity contribution in [2.24, 2.45) is 22.0 Å². The Balaban J connectivity index is 0.000000101. The maximum atomic E-state index is 14.7. The van der Waals surface area contributed by atoms with Gasteiger partial charge in [0.25, 0.3) is 0 Å². The van der Waals surface area contributed by atoms with E-state index in [1.54, 1.807) is 6.33 Å². The monoisotopic (exact) mass is 1790 g/mol. The minimum atomic E-state index is -1.30. The summed E-state index contributed by atoms with van der Waals surface area (Å²) in [4.78, 5) is 51.9.